The molecule has 0 N–H and O–H groups in total. The van der Waals surface area contributed by atoms with E-state index in [1.54, 1.807) is 12.1 Å². The van der Waals surface area contributed by atoms with Gasteiger partial charge in [-0.2, -0.15) is 10.1 Å². The maximum Gasteiger partial charge on any atom is 0.254 e. The quantitative estimate of drug-likeness (QED) is 0.478. The largest absolute Gasteiger partial charge is 0.272 e. The molecule has 6 atom stereocenters. The minimum Gasteiger partial charge on any atom is -0.272 e. The Bertz CT molecular complexity index is 734. The first-order chi connectivity index (χ1) is 11.1. The van der Waals surface area contributed by atoms with Crippen LogP contribution in [0.5, 0.6) is 0 Å². The lowest BCUT2D eigenvalue weighted by molar-refractivity contribution is -0.140. The third-order valence-electron chi connectivity index (χ3n) is 5.83. The molecule has 4 nitrogen and oxygen atoms in total. The van der Waals surface area contributed by atoms with Crippen molar-refractivity contribution in [3.63, 3.8) is 0 Å². The molecular formula is C18H15FN2O2. The molecule has 0 spiro atoms. The Morgan fingerprint density at radius 2 is 1.57 bits per heavy atom. The van der Waals surface area contributed by atoms with Crippen LogP contribution in [-0.2, 0) is 9.59 Å². The zero-order valence-electron chi connectivity index (χ0n) is 12.3. The van der Waals surface area contributed by atoms with Crippen molar-refractivity contribution in [1.29, 1.82) is 0 Å². The molecule has 1 aromatic rings. The van der Waals surface area contributed by atoms with Gasteiger partial charge >= 0.3 is 0 Å². The van der Waals surface area contributed by atoms with E-state index in [9.17, 15) is 14.0 Å². The van der Waals surface area contributed by atoms with Crippen molar-refractivity contribution in [1.82, 2.24) is 5.01 Å². The van der Waals surface area contributed by atoms with Gasteiger partial charge in [0.05, 0.1) is 18.1 Å². The summed E-state index contributed by atoms with van der Waals surface area (Å²) in [5, 5.41) is 5.14. The van der Waals surface area contributed by atoms with E-state index in [2.05, 4.69) is 17.3 Å². The number of hydrogen-bond donors (Lipinski definition) is 0. The highest BCUT2D eigenvalue weighted by Crippen LogP contribution is 2.65. The van der Waals surface area contributed by atoms with E-state index in [0.717, 1.165) is 11.4 Å². The summed E-state index contributed by atoms with van der Waals surface area (Å²) in [6, 6.07) is 5.79. The van der Waals surface area contributed by atoms with Gasteiger partial charge < -0.3 is 0 Å². The predicted octanol–water partition coefficient (Wildman–Crippen LogP) is 2.21. The Labute approximate surface area is 132 Å². The number of carbonyl (C=O) groups excluding carboxylic acids is 2. The minimum atomic E-state index is -0.330. The van der Waals surface area contributed by atoms with Gasteiger partial charge in [-0.1, -0.05) is 24.3 Å². The molecule has 116 valence electrons. The molecule has 23 heavy (non-hydrogen) atoms. The van der Waals surface area contributed by atoms with Crippen LogP contribution in [0.25, 0.3) is 0 Å². The molecule has 0 radical (unpaired) electrons. The predicted molar refractivity (Wildman–Crippen MR) is 80.5 cm³/mol. The number of rotatable bonds is 2. The molecule has 5 heteroatoms. The van der Waals surface area contributed by atoms with Crippen LogP contribution in [0, 0.1) is 41.3 Å². The molecule has 2 bridgehead atoms. The van der Waals surface area contributed by atoms with Crippen molar-refractivity contribution in [2.45, 2.75) is 6.42 Å². The second-order valence-electron chi connectivity index (χ2n) is 6.94. The summed E-state index contributed by atoms with van der Waals surface area (Å²) < 4.78 is 12.9. The van der Waals surface area contributed by atoms with Crippen LogP contribution in [0.15, 0.2) is 41.5 Å². The van der Waals surface area contributed by atoms with Crippen molar-refractivity contribution in [3.8, 4) is 0 Å². The Morgan fingerprint density at radius 3 is 2.13 bits per heavy atom. The van der Waals surface area contributed by atoms with Crippen molar-refractivity contribution >= 4 is 18.0 Å². The average Bonchev–Trinajstić information content (AvgIpc) is 3.33. The molecule has 0 aromatic heterocycles. The van der Waals surface area contributed by atoms with E-state index >= 15 is 0 Å². The number of nitrogens with zero attached hydrogens (tertiary/aromatic N) is 2. The van der Waals surface area contributed by atoms with Gasteiger partial charge in [-0.05, 0) is 47.8 Å². The van der Waals surface area contributed by atoms with Gasteiger partial charge in [0.1, 0.15) is 5.82 Å². The Morgan fingerprint density at radius 1 is 1.00 bits per heavy atom. The fourth-order valence-corrected chi connectivity index (χ4v) is 4.73. The van der Waals surface area contributed by atoms with Crippen molar-refractivity contribution in [2.75, 3.05) is 0 Å². The number of amides is 2. The van der Waals surface area contributed by atoms with E-state index in [1.165, 1.54) is 18.3 Å². The first kappa shape index (κ1) is 13.2. The maximum absolute atomic E-state index is 12.9. The van der Waals surface area contributed by atoms with E-state index in [1.807, 2.05) is 0 Å². The highest BCUT2D eigenvalue weighted by molar-refractivity contribution is 6.06. The van der Waals surface area contributed by atoms with Gasteiger partial charge in [0, 0.05) is 0 Å². The molecule has 1 heterocycles. The molecule has 0 unspecified atom stereocenters. The first-order valence-corrected chi connectivity index (χ1v) is 8.01. The number of imide groups is 1. The average molecular weight is 310 g/mol. The number of carbonyl (C=O) groups is 2. The third-order valence-corrected chi connectivity index (χ3v) is 5.83. The summed E-state index contributed by atoms with van der Waals surface area (Å²) in [5.41, 5.74) is 0.658. The fourth-order valence-electron chi connectivity index (χ4n) is 4.73. The van der Waals surface area contributed by atoms with Crippen LogP contribution in [0.2, 0.25) is 0 Å². The zero-order chi connectivity index (χ0) is 15.7. The smallest absolute Gasteiger partial charge is 0.254 e. The van der Waals surface area contributed by atoms with Crippen LogP contribution in [0.4, 0.5) is 4.39 Å². The van der Waals surface area contributed by atoms with Crippen LogP contribution in [0.3, 0.4) is 0 Å². The van der Waals surface area contributed by atoms with Crippen molar-refractivity contribution < 1.29 is 14.0 Å². The van der Waals surface area contributed by atoms with Crippen molar-refractivity contribution in [3.05, 3.63) is 47.8 Å². The van der Waals surface area contributed by atoms with Crippen LogP contribution < -0.4 is 0 Å². The molecule has 2 saturated carbocycles. The summed E-state index contributed by atoms with van der Waals surface area (Å²) in [5.74, 6) is 0.440. The second-order valence-corrected chi connectivity index (χ2v) is 6.94. The van der Waals surface area contributed by atoms with Gasteiger partial charge in [0.15, 0.2) is 0 Å². The zero-order valence-corrected chi connectivity index (χ0v) is 12.3. The van der Waals surface area contributed by atoms with Gasteiger partial charge in [0.25, 0.3) is 11.8 Å². The van der Waals surface area contributed by atoms with Gasteiger partial charge in [-0.15, -0.1) is 0 Å². The fraction of sp³-hybridized carbons (Fsp3) is 0.389. The molecule has 1 aliphatic heterocycles. The first-order valence-electron chi connectivity index (χ1n) is 8.01. The molecular weight excluding hydrogens is 295 g/mol. The molecule has 2 amide bonds. The Hall–Kier alpha value is -2.30. The summed E-state index contributed by atoms with van der Waals surface area (Å²) in [6.07, 6.45) is 6.87. The van der Waals surface area contributed by atoms with E-state index in [0.29, 0.717) is 17.4 Å². The lowest BCUT2D eigenvalue weighted by atomic mass is 9.63. The number of hydrogen-bond acceptors (Lipinski definition) is 3. The maximum atomic E-state index is 12.9. The lowest BCUT2D eigenvalue weighted by Crippen LogP contribution is -2.40. The number of hydrazone groups is 1. The van der Waals surface area contributed by atoms with Crippen LogP contribution >= 0.6 is 0 Å². The van der Waals surface area contributed by atoms with E-state index in [-0.39, 0.29) is 41.3 Å². The normalized spacial score (nSPS) is 40.0. The summed E-state index contributed by atoms with van der Waals surface area (Å²) in [4.78, 5) is 25.4. The van der Waals surface area contributed by atoms with E-state index < -0.39 is 0 Å². The summed E-state index contributed by atoms with van der Waals surface area (Å²) >= 11 is 0. The third kappa shape index (κ3) is 1.73. The molecule has 1 aromatic carbocycles. The topological polar surface area (TPSA) is 49.7 Å². The number of allylic oxidation sites excluding steroid dienone is 2. The minimum absolute atomic E-state index is 0.178. The standard InChI is InChI=1S/C18H15FN2O2/c19-10-3-1-9(2-4-10)8-20-21-17(22)15-11-5-6-12(14-7-13(11)14)16(15)18(21)23/h1-6,8,11-16H,7H2/b20-8+/t11-,12-,13-,14-,15-,16+/m1/s1. The second kappa shape index (κ2) is 4.37. The Balaban J connectivity index is 1.44. The van der Waals surface area contributed by atoms with Crippen LogP contribution in [-0.4, -0.2) is 23.0 Å². The highest BCUT2D eigenvalue weighted by Gasteiger charge is 2.67. The molecule has 1 saturated heterocycles. The summed E-state index contributed by atoms with van der Waals surface area (Å²) in [7, 11) is 0. The SMILES string of the molecule is O=C1[C@@H]2[C@@H]3C=C[C@H]([C@H]4C[C@H]34)[C@@H]2C(=O)N1/N=C/c1ccc(F)cc1. The molecule has 3 fully saturated rings. The summed E-state index contributed by atoms with van der Waals surface area (Å²) in [6.45, 7) is 0. The molecule has 4 aliphatic carbocycles. The monoisotopic (exact) mass is 310 g/mol. The molecule has 6 rings (SSSR count). The highest BCUT2D eigenvalue weighted by atomic mass is 19.1. The Kier molecular flexibility index (Phi) is 2.50. The van der Waals surface area contributed by atoms with Gasteiger partial charge in [-0.25, -0.2) is 4.39 Å². The lowest BCUT2D eigenvalue weighted by Gasteiger charge is -2.37. The van der Waals surface area contributed by atoms with Gasteiger partial charge in [-0.3, -0.25) is 9.59 Å². The van der Waals surface area contributed by atoms with Crippen molar-refractivity contribution in [2.24, 2.45) is 40.6 Å². The van der Waals surface area contributed by atoms with Crippen LogP contribution in [0.1, 0.15) is 12.0 Å². The number of halogens is 1. The number of benzene rings is 1. The van der Waals surface area contributed by atoms with Gasteiger partial charge in [0.2, 0.25) is 0 Å². The van der Waals surface area contributed by atoms with E-state index in [4.69, 9.17) is 0 Å². The molecule has 5 aliphatic rings.